The van der Waals surface area contributed by atoms with Gasteiger partial charge in [0.15, 0.2) is 11.5 Å². The van der Waals surface area contributed by atoms with Crippen molar-refractivity contribution in [1.29, 1.82) is 0 Å². The summed E-state index contributed by atoms with van der Waals surface area (Å²) in [6.45, 7) is 2.44. The van der Waals surface area contributed by atoms with Crippen molar-refractivity contribution < 1.29 is 24.5 Å². The summed E-state index contributed by atoms with van der Waals surface area (Å²) in [6, 6.07) is 13.8. The molecule has 2 aromatic rings. The highest BCUT2D eigenvalue weighted by Gasteiger charge is 2.78. The number of piperidine rings is 2. The Morgan fingerprint density at radius 1 is 1.11 bits per heavy atom. The van der Waals surface area contributed by atoms with Gasteiger partial charge in [-0.15, -0.1) is 0 Å². The van der Waals surface area contributed by atoms with Crippen LogP contribution in [0.1, 0.15) is 48.8 Å². The summed E-state index contributed by atoms with van der Waals surface area (Å²) in [5, 5.41) is 23.8. The number of likely N-dealkylation sites (tertiary alicyclic amines) is 2. The molecule has 7 atom stereocenters. The highest BCUT2D eigenvalue weighted by Crippen LogP contribution is 2.69. The van der Waals surface area contributed by atoms with Crippen LogP contribution >= 0.6 is 0 Å². The Labute approximate surface area is 223 Å². The van der Waals surface area contributed by atoms with Gasteiger partial charge in [0.25, 0.3) is 5.91 Å². The minimum Gasteiger partial charge on any atom is -0.504 e. The van der Waals surface area contributed by atoms with Crippen molar-refractivity contribution in [3.8, 4) is 11.5 Å². The van der Waals surface area contributed by atoms with Gasteiger partial charge in [-0.3, -0.25) is 9.69 Å². The van der Waals surface area contributed by atoms with Crippen LogP contribution in [0.4, 0.5) is 0 Å². The maximum Gasteiger partial charge on any atom is 0.252 e. The number of hydrogen-bond acceptors (Lipinski definition) is 6. The van der Waals surface area contributed by atoms with Crippen LogP contribution in [0.15, 0.2) is 42.5 Å². The molecule has 38 heavy (non-hydrogen) atoms. The van der Waals surface area contributed by atoms with E-state index >= 15 is 0 Å². The third kappa shape index (κ3) is 2.82. The Hall–Kier alpha value is -2.61. The van der Waals surface area contributed by atoms with E-state index in [1.54, 1.807) is 7.11 Å². The molecule has 3 aliphatic carbocycles. The summed E-state index contributed by atoms with van der Waals surface area (Å²) in [4.78, 5) is 18.8. The number of aromatic hydroxyl groups is 1. The van der Waals surface area contributed by atoms with Gasteiger partial charge in [0, 0.05) is 36.0 Å². The normalized spacial score (nSPS) is 39.1. The number of amides is 1. The fraction of sp³-hybridized carbons (Fsp3) is 0.581. The number of phenols is 1. The van der Waals surface area contributed by atoms with Gasteiger partial charge in [-0.2, -0.15) is 0 Å². The first-order chi connectivity index (χ1) is 18.5. The number of benzene rings is 2. The minimum absolute atomic E-state index is 0.0136. The first-order valence-corrected chi connectivity index (χ1v) is 14.3. The van der Waals surface area contributed by atoms with E-state index in [0.717, 1.165) is 55.0 Å². The molecule has 0 aromatic heterocycles. The molecular formula is C31H36N2O5. The SMILES string of the molecule is COc1ccc2c(c1O)C13CCN(CC4CC4)C(C2)C12CCC1[C@@H](O)C3[C@H](O2)C(=O)N1Cc1ccccc1. The molecule has 0 spiro atoms. The van der Waals surface area contributed by atoms with Crippen molar-refractivity contribution in [3.63, 3.8) is 0 Å². The van der Waals surface area contributed by atoms with Crippen molar-refractivity contribution in [3.05, 3.63) is 59.2 Å². The zero-order valence-electron chi connectivity index (χ0n) is 21.9. The standard InChI is InChI=1S/C31H36N2O5/c1-37-22-10-9-20-15-23-31-12-11-21-26(34)25(28(38-31)29(36)33(21)17-18-5-3-2-4-6-18)30(31,24(20)27(22)35)13-14-32(23)16-19-7-8-19/h2-6,9-10,19,21,23,25-26,28,34-35H,7-8,11-17H2,1H3/t21?,23?,25?,26-,28+,30?,31?/m1/s1. The summed E-state index contributed by atoms with van der Waals surface area (Å²) in [6.07, 6.45) is 4.14. The number of fused-ring (bicyclic) bond motifs is 2. The second kappa shape index (κ2) is 7.96. The number of carbonyl (C=O) groups excluding carboxylic acids is 1. The van der Waals surface area contributed by atoms with Crippen LogP contribution in [0.2, 0.25) is 0 Å². The molecule has 6 aliphatic rings. The van der Waals surface area contributed by atoms with Gasteiger partial charge in [0.2, 0.25) is 0 Å². The molecule has 5 bridgehead atoms. The van der Waals surface area contributed by atoms with Crippen molar-refractivity contribution in [2.24, 2.45) is 11.8 Å². The predicted octanol–water partition coefficient (Wildman–Crippen LogP) is 3.00. The van der Waals surface area contributed by atoms with Gasteiger partial charge in [0.1, 0.15) is 6.10 Å². The zero-order valence-corrected chi connectivity index (χ0v) is 21.9. The first kappa shape index (κ1) is 23.3. The molecule has 1 amide bonds. The lowest BCUT2D eigenvalue weighted by atomic mass is 9.49. The van der Waals surface area contributed by atoms with Crippen molar-refractivity contribution in [2.45, 2.75) is 80.4 Å². The lowest BCUT2D eigenvalue weighted by Crippen LogP contribution is -2.71. The van der Waals surface area contributed by atoms with Crippen LogP contribution in [0.3, 0.4) is 0 Å². The molecule has 3 aliphatic heterocycles. The number of hydrogen-bond donors (Lipinski definition) is 2. The van der Waals surface area contributed by atoms with Gasteiger partial charge in [-0.05, 0) is 68.2 Å². The highest BCUT2D eigenvalue weighted by molar-refractivity contribution is 5.85. The summed E-state index contributed by atoms with van der Waals surface area (Å²) in [7, 11) is 1.58. The van der Waals surface area contributed by atoms with Gasteiger partial charge < -0.3 is 24.6 Å². The largest absolute Gasteiger partial charge is 0.504 e. The smallest absolute Gasteiger partial charge is 0.252 e. The van der Waals surface area contributed by atoms with Crippen molar-refractivity contribution in [1.82, 2.24) is 9.80 Å². The predicted molar refractivity (Wildman–Crippen MR) is 140 cm³/mol. The number of phenolic OH excluding ortho intramolecular Hbond substituents is 1. The second-order valence-corrected chi connectivity index (χ2v) is 12.5. The average molecular weight is 517 g/mol. The Kier molecular flexibility index (Phi) is 4.88. The molecule has 8 rings (SSSR count). The molecule has 2 saturated carbocycles. The van der Waals surface area contributed by atoms with E-state index in [1.165, 1.54) is 12.8 Å². The van der Waals surface area contributed by atoms with Crippen LogP contribution < -0.4 is 4.74 Å². The molecule has 3 heterocycles. The Morgan fingerprint density at radius 3 is 2.68 bits per heavy atom. The second-order valence-electron chi connectivity index (χ2n) is 12.5. The molecule has 7 nitrogen and oxygen atoms in total. The molecule has 3 saturated heterocycles. The van der Waals surface area contributed by atoms with E-state index in [1.807, 2.05) is 41.3 Å². The maximum atomic E-state index is 14.3. The van der Waals surface area contributed by atoms with E-state index in [4.69, 9.17) is 9.47 Å². The van der Waals surface area contributed by atoms with Gasteiger partial charge >= 0.3 is 0 Å². The Balaban J connectivity index is 1.30. The number of carbonyl (C=O) groups is 1. The lowest BCUT2D eigenvalue weighted by Gasteiger charge is -2.61. The molecular weight excluding hydrogens is 480 g/mol. The monoisotopic (exact) mass is 516 g/mol. The molecule has 5 unspecified atom stereocenters. The number of ether oxygens (including phenoxy) is 2. The van der Waals surface area contributed by atoms with Gasteiger partial charge in [-0.1, -0.05) is 36.4 Å². The van der Waals surface area contributed by atoms with E-state index in [2.05, 4.69) is 11.0 Å². The topological polar surface area (TPSA) is 82.5 Å². The first-order valence-electron chi connectivity index (χ1n) is 14.3. The molecule has 2 aromatic carbocycles. The molecule has 7 heteroatoms. The molecule has 5 fully saturated rings. The van der Waals surface area contributed by atoms with E-state index < -0.39 is 29.1 Å². The van der Waals surface area contributed by atoms with Crippen LogP contribution in [0, 0.1) is 11.8 Å². The third-order valence-corrected chi connectivity index (χ3v) is 11.0. The van der Waals surface area contributed by atoms with E-state index in [-0.39, 0.29) is 23.7 Å². The number of methoxy groups -OCH3 is 1. The maximum absolute atomic E-state index is 14.3. The Bertz CT molecular complexity index is 1300. The molecule has 0 radical (unpaired) electrons. The summed E-state index contributed by atoms with van der Waals surface area (Å²) in [5.41, 5.74) is 1.80. The fourth-order valence-electron chi connectivity index (χ4n) is 9.31. The number of nitrogens with zero attached hydrogens (tertiary/aromatic N) is 2. The third-order valence-electron chi connectivity index (χ3n) is 11.0. The van der Waals surface area contributed by atoms with E-state index in [0.29, 0.717) is 18.7 Å². The summed E-state index contributed by atoms with van der Waals surface area (Å²) in [5.74, 6) is 0.958. The fourth-order valence-corrected chi connectivity index (χ4v) is 9.31. The minimum atomic E-state index is -0.724. The number of rotatable bonds is 5. The van der Waals surface area contributed by atoms with Crippen LogP contribution in [0.5, 0.6) is 11.5 Å². The van der Waals surface area contributed by atoms with Crippen LogP contribution in [-0.4, -0.2) is 76.0 Å². The lowest BCUT2D eigenvalue weighted by molar-refractivity contribution is -0.188. The van der Waals surface area contributed by atoms with Gasteiger partial charge in [0.05, 0.1) is 24.9 Å². The summed E-state index contributed by atoms with van der Waals surface area (Å²) < 4.78 is 12.7. The van der Waals surface area contributed by atoms with Gasteiger partial charge in [-0.25, -0.2) is 0 Å². The summed E-state index contributed by atoms with van der Waals surface area (Å²) >= 11 is 0. The zero-order chi connectivity index (χ0) is 25.8. The highest BCUT2D eigenvalue weighted by atomic mass is 16.5. The van der Waals surface area contributed by atoms with E-state index in [9.17, 15) is 15.0 Å². The quantitative estimate of drug-likeness (QED) is 0.636. The molecule has 2 N–H and O–H groups in total. The molecule has 200 valence electrons. The number of aliphatic hydroxyl groups excluding tert-OH is 1. The average Bonchev–Trinajstić information content (AvgIpc) is 3.68. The van der Waals surface area contributed by atoms with Crippen LogP contribution in [0.25, 0.3) is 0 Å². The Morgan fingerprint density at radius 2 is 1.92 bits per heavy atom. The van der Waals surface area contributed by atoms with Crippen molar-refractivity contribution >= 4 is 5.91 Å². The number of aliphatic hydroxyl groups is 1. The van der Waals surface area contributed by atoms with Crippen LogP contribution in [-0.2, 0) is 27.9 Å². The van der Waals surface area contributed by atoms with Crippen molar-refractivity contribution in [2.75, 3.05) is 20.2 Å².